The van der Waals surface area contributed by atoms with Crippen molar-refractivity contribution in [2.24, 2.45) is 5.73 Å². The van der Waals surface area contributed by atoms with Crippen LogP contribution in [0.3, 0.4) is 0 Å². The molecule has 2 unspecified atom stereocenters. The zero-order valence-electron chi connectivity index (χ0n) is 11.7. The smallest absolute Gasteiger partial charge is 0.0227 e. The first-order valence-corrected chi connectivity index (χ1v) is 8.29. The summed E-state index contributed by atoms with van der Waals surface area (Å²) in [6.45, 7) is 10.2. The van der Waals surface area contributed by atoms with Crippen molar-refractivity contribution in [2.75, 3.05) is 44.7 Å². The molecule has 0 amide bonds. The van der Waals surface area contributed by atoms with Crippen LogP contribution in [0.1, 0.15) is 26.7 Å². The average Bonchev–Trinajstić information content (AvgIpc) is 2.39. The number of nitrogens with two attached hydrogens (primary N) is 1. The van der Waals surface area contributed by atoms with Crippen molar-refractivity contribution in [2.45, 2.75) is 38.8 Å². The molecule has 0 aromatic carbocycles. The van der Waals surface area contributed by atoms with Crippen LogP contribution in [0.2, 0.25) is 0 Å². The summed E-state index contributed by atoms with van der Waals surface area (Å²) in [4.78, 5) is 5.20. The number of piperazine rings is 1. The van der Waals surface area contributed by atoms with Crippen molar-refractivity contribution in [1.82, 2.24) is 9.80 Å². The molecule has 0 spiro atoms. The van der Waals surface area contributed by atoms with E-state index in [1.807, 2.05) is 11.8 Å². The molecule has 1 rings (SSSR count). The molecule has 0 saturated carbocycles. The van der Waals surface area contributed by atoms with Crippen LogP contribution in [0.4, 0.5) is 0 Å². The van der Waals surface area contributed by atoms with E-state index < -0.39 is 0 Å². The molecular weight excluding hydrogens is 230 g/mol. The lowest BCUT2D eigenvalue weighted by Crippen LogP contribution is -2.54. The quantitative estimate of drug-likeness (QED) is 0.751. The number of thioether (sulfide) groups is 1. The second-order valence-corrected chi connectivity index (χ2v) is 5.99. The molecule has 1 fully saturated rings. The highest BCUT2D eigenvalue weighted by Crippen LogP contribution is 2.13. The first kappa shape index (κ1) is 15.3. The molecule has 0 aromatic heterocycles. The Morgan fingerprint density at radius 2 is 1.76 bits per heavy atom. The normalized spacial score (nSPS) is 22.6. The van der Waals surface area contributed by atoms with Crippen molar-refractivity contribution in [1.29, 1.82) is 0 Å². The van der Waals surface area contributed by atoms with Gasteiger partial charge in [-0.25, -0.2) is 0 Å². The van der Waals surface area contributed by atoms with E-state index in [2.05, 4.69) is 29.9 Å². The topological polar surface area (TPSA) is 32.5 Å². The molecule has 1 saturated heterocycles. The third-order valence-corrected chi connectivity index (χ3v) is 4.65. The Balaban J connectivity index is 2.33. The highest BCUT2D eigenvalue weighted by Gasteiger charge is 2.24. The third kappa shape index (κ3) is 4.78. The second kappa shape index (κ2) is 8.35. The summed E-state index contributed by atoms with van der Waals surface area (Å²) in [7, 11) is 0. The van der Waals surface area contributed by atoms with E-state index in [-0.39, 0.29) is 0 Å². The second-order valence-electron chi connectivity index (χ2n) is 5.00. The summed E-state index contributed by atoms with van der Waals surface area (Å²) < 4.78 is 0. The van der Waals surface area contributed by atoms with Gasteiger partial charge in [0.15, 0.2) is 0 Å². The Labute approximate surface area is 111 Å². The van der Waals surface area contributed by atoms with Crippen LogP contribution in [0.25, 0.3) is 0 Å². The lowest BCUT2D eigenvalue weighted by Gasteiger charge is -2.41. The zero-order valence-corrected chi connectivity index (χ0v) is 12.5. The van der Waals surface area contributed by atoms with Crippen molar-refractivity contribution in [3.63, 3.8) is 0 Å². The minimum atomic E-state index is 0.599. The van der Waals surface area contributed by atoms with Crippen LogP contribution in [0.5, 0.6) is 0 Å². The van der Waals surface area contributed by atoms with Gasteiger partial charge in [-0.05, 0) is 31.8 Å². The largest absolute Gasteiger partial charge is 0.329 e. The monoisotopic (exact) mass is 259 g/mol. The van der Waals surface area contributed by atoms with Gasteiger partial charge in [-0.1, -0.05) is 6.92 Å². The van der Waals surface area contributed by atoms with Gasteiger partial charge in [-0.15, -0.1) is 0 Å². The van der Waals surface area contributed by atoms with Crippen molar-refractivity contribution >= 4 is 11.8 Å². The Morgan fingerprint density at radius 3 is 2.24 bits per heavy atom. The Morgan fingerprint density at radius 1 is 1.18 bits per heavy atom. The van der Waals surface area contributed by atoms with Gasteiger partial charge < -0.3 is 5.73 Å². The molecule has 17 heavy (non-hydrogen) atoms. The first-order valence-electron chi connectivity index (χ1n) is 6.90. The van der Waals surface area contributed by atoms with Gasteiger partial charge in [0.1, 0.15) is 0 Å². The van der Waals surface area contributed by atoms with Crippen LogP contribution in [0.15, 0.2) is 0 Å². The molecule has 102 valence electrons. The first-order chi connectivity index (χ1) is 8.22. The Kier molecular flexibility index (Phi) is 7.51. The average molecular weight is 259 g/mol. The Bertz CT molecular complexity index is 193. The van der Waals surface area contributed by atoms with E-state index in [4.69, 9.17) is 5.73 Å². The maximum absolute atomic E-state index is 5.90. The van der Waals surface area contributed by atoms with Crippen molar-refractivity contribution in [3.8, 4) is 0 Å². The van der Waals surface area contributed by atoms with Crippen LogP contribution < -0.4 is 5.73 Å². The molecule has 3 nitrogen and oxygen atoms in total. The van der Waals surface area contributed by atoms with Gasteiger partial charge in [0.05, 0.1) is 0 Å². The number of nitrogens with zero attached hydrogens (tertiary/aromatic N) is 2. The summed E-state index contributed by atoms with van der Waals surface area (Å²) in [5.41, 5.74) is 5.90. The van der Waals surface area contributed by atoms with Gasteiger partial charge in [0.2, 0.25) is 0 Å². The fraction of sp³-hybridized carbons (Fsp3) is 1.00. The SMILES string of the molecule is CCC(C)N1CCN(C(CN)CCSC)CC1. The van der Waals surface area contributed by atoms with Gasteiger partial charge in [0, 0.05) is 44.8 Å². The van der Waals surface area contributed by atoms with Crippen LogP contribution in [-0.2, 0) is 0 Å². The third-order valence-electron chi connectivity index (χ3n) is 4.01. The molecular formula is C13H29N3S. The van der Waals surface area contributed by atoms with Gasteiger partial charge >= 0.3 is 0 Å². The number of hydrogen-bond donors (Lipinski definition) is 1. The van der Waals surface area contributed by atoms with E-state index in [0.29, 0.717) is 6.04 Å². The molecule has 0 bridgehead atoms. The predicted octanol–water partition coefficient (Wildman–Crippen LogP) is 1.48. The maximum Gasteiger partial charge on any atom is 0.0227 e. The minimum Gasteiger partial charge on any atom is -0.329 e. The highest BCUT2D eigenvalue weighted by atomic mass is 32.2. The van der Waals surface area contributed by atoms with E-state index in [1.165, 1.54) is 44.8 Å². The lowest BCUT2D eigenvalue weighted by molar-refractivity contribution is 0.0737. The molecule has 1 aliphatic rings. The van der Waals surface area contributed by atoms with Gasteiger partial charge in [0.25, 0.3) is 0 Å². The standard InChI is InChI=1S/C13H29N3S/c1-4-12(2)15-6-8-16(9-7-15)13(11-14)5-10-17-3/h12-13H,4-11,14H2,1-3H3. The maximum atomic E-state index is 5.90. The van der Waals surface area contributed by atoms with Crippen LogP contribution in [-0.4, -0.2) is 66.6 Å². The molecule has 0 aromatic rings. The zero-order chi connectivity index (χ0) is 12.7. The van der Waals surface area contributed by atoms with Crippen LogP contribution in [0, 0.1) is 0 Å². The summed E-state index contributed by atoms with van der Waals surface area (Å²) in [6.07, 6.45) is 4.67. The molecule has 2 N–H and O–H groups in total. The van der Waals surface area contributed by atoms with E-state index >= 15 is 0 Å². The van der Waals surface area contributed by atoms with Crippen LogP contribution >= 0.6 is 11.8 Å². The van der Waals surface area contributed by atoms with Crippen molar-refractivity contribution in [3.05, 3.63) is 0 Å². The molecule has 4 heteroatoms. The van der Waals surface area contributed by atoms with Gasteiger partial charge in [-0.2, -0.15) is 11.8 Å². The fourth-order valence-electron chi connectivity index (χ4n) is 2.50. The summed E-state index contributed by atoms with van der Waals surface area (Å²) in [6, 6.07) is 1.33. The predicted molar refractivity (Wildman–Crippen MR) is 78.7 cm³/mol. The molecule has 1 heterocycles. The van der Waals surface area contributed by atoms with E-state index in [1.54, 1.807) is 0 Å². The number of rotatable bonds is 7. The molecule has 2 atom stereocenters. The lowest BCUT2D eigenvalue weighted by atomic mass is 10.1. The molecule has 1 aliphatic heterocycles. The molecule has 0 radical (unpaired) electrons. The summed E-state index contributed by atoms with van der Waals surface area (Å²) in [5.74, 6) is 1.23. The van der Waals surface area contributed by atoms with Crippen molar-refractivity contribution < 1.29 is 0 Å². The highest BCUT2D eigenvalue weighted by molar-refractivity contribution is 7.98. The summed E-state index contributed by atoms with van der Waals surface area (Å²) >= 11 is 1.93. The Hall–Kier alpha value is 0.230. The fourth-order valence-corrected chi connectivity index (χ4v) is 3.01. The van der Waals surface area contributed by atoms with E-state index in [9.17, 15) is 0 Å². The number of hydrogen-bond acceptors (Lipinski definition) is 4. The summed E-state index contributed by atoms with van der Waals surface area (Å²) in [5, 5.41) is 0. The molecule has 0 aliphatic carbocycles. The van der Waals surface area contributed by atoms with Gasteiger partial charge in [-0.3, -0.25) is 9.80 Å². The minimum absolute atomic E-state index is 0.599. The van der Waals surface area contributed by atoms with E-state index in [0.717, 1.165) is 12.6 Å².